The van der Waals surface area contributed by atoms with E-state index >= 15 is 0 Å². The smallest absolute Gasteiger partial charge is 0.338 e. The molecule has 0 bridgehead atoms. The quantitative estimate of drug-likeness (QED) is 0.762. The van der Waals surface area contributed by atoms with Gasteiger partial charge in [-0.05, 0) is 11.8 Å². The minimum atomic E-state index is -0.680. The summed E-state index contributed by atoms with van der Waals surface area (Å²) in [4.78, 5) is 35.3. The predicted octanol–water partition coefficient (Wildman–Crippen LogP) is 1.83. The normalized spacial score (nSPS) is 18.3. The molecule has 1 atom stereocenters. The summed E-state index contributed by atoms with van der Waals surface area (Å²) in [7, 11) is 1.22. The first kappa shape index (κ1) is 13.5. The Morgan fingerprint density at radius 2 is 2.05 bits per heavy atom. The van der Waals surface area contributed by atoms with Crippen molar-refractivity contribution in [1.82, 2.24) is 0 Å². The van der Waals surface area contributed by atoms with E-state index in [1.807, 2.05) is 13.8 Å². The molecular weight excluding hydrogens is 248 g/mol. The number of carbonyl (C=O) groups is 2. The van der Waals surface area contributed by atoms with Crippen molar-refractivity contribution in [2.24, 2.45) is 11.8 Å². The topological polar surface area (TPSA) is 73.6 Å². The van der Waals surface area contributed by atoms with Crippen molar-refractivity contribution in [1.29, 1.82) is 0 Å². The fourth-order valence-electron chi connectivity index (χ4n) is 2.38. The lowest BCUT2D eigenvalue weighted by atomic mass is 9.79. The van der Waals surface area contributed by atoms with E-state index in [1.165, 1.54) is 7.11 Å². The number of Topliss-reactive ketones (excluding diaryl/α,β-unsaturated/α-hetero) is 1. The molecule has 5 nitrogen and oxygen atoms in total. The Hall–Kier alpha value is -1.91. The fourth-order valence-corrected chi connectivity index (χ4v) is 2.38. The summed E-state index contributed by atoms with van der Waals surface area (Å²) in [5.74, 6) is -0.0901. The van der Waals surface area contributed by atoms with Gasteiger partial charge in [0.25, 0.3) is 0 Å². The van der Waals surface area contributed by atoms with Crippen LogP contribution in [0.3, 0.4) is 0 Å². The molecule has 0 radical (unpaired) electrons. The molecule has 1 aliphatic rings. The van der Waals surface area contributed by atoms with Gasteiger partial charge in [-0.3, -0.25) is 4.79 Å². The fraction of sp³-hybridized carbons (Fsp3) is 0.500. The molecule has 19 heavy (non-hydrogen) atoms. The van der Waals surface area contributed by atoms with Crippen LogP contribution in [0.2, 0.25) is 0 Å². The Bertz CT molecular complexity index is 582. The highest BCUT2D eigenvalue weighted by Crippen LogP contribution is 2.31. The Kier molecular flexibility index (Phi) is 3.55. The van der Waals surface area contributed by atoms with Crippen LogP contribution in [0.1, 0.15) is 46.7 Å². The summed E-state index contributed by atoms with van der Waals surface area (Å²) < 4.78 is 9.71. The second-order valence-corrected chi connectivity index (χ2v) is 5.10. The lowest BCUT2D eigenvalue weighted by Gasteiger charge is -2.25. The molecule has 102 valence electrons. The van der Waals surface area contributed by atoms with Crippen LogP contribution >= 0.6 is 0 Å². The molecule has 1 aromatic rings. The van der Waals surface area contributed by atoms with Gasteiger partial charge in [-0.25, -0.2) is 9.59 Å². The zero-order chi connectivity index (χ0) is 14.2. The third-order valence-corrected chi connectivity index (χ3v) is 3.56. The van der Waals surface area contributed by atoms with Crippen molar-refractivity contribution in [3.05, 3.63) is 33.4 Å². The molecule has 0 fully saturated rings. The summed E-state index contributed by atoms with van der Waals surface area (Å²) in [6, 6.07) is 1.03. The number of carbonyl (C=O) groups excluding carboxylic acids is 2. The Labute approximate surface area is 110 Å². The van der Waals surface area contributed by atoms with Crippen molar-refractivity contribution < 1.29 is 18.7 Å². The maximum absolute atomic E-state index is 12.2. The zero-order valence-corrected chi connectivity index (χ0v) is 11.2. The second-order valence-electron chi connectivity index (χ2n) is 5.10. The predicted molar refractivity (Wildman–Crippen MR) is 67.3 cm³/mol. The van der Waals surface area contributed by atoms with E-state index in [0.717, 1.165) is 6.07 Å². The van der Waals surface area contributed by atoms with Gasteiger partial charge in [0, 0.05) is 18.9 Å². The van der Waals surface area contributed by atoms with E-state index in [9.17, 15) is 14.4 Å². The molecule has 5 heteroatoms. The van der Waals surface area contributed by atoms with Crippen molar-refractivity contribution in [3.8, 4) is 0 Å². The van der Waals surface area contributed by atoms with Gasteiger partial charge < -0.3 is 9.15 Å². The molecule has 0 saturated heterocycles. The van der Waals surface area contributed by atoms with Gasteiger partial charge >= 0.3 is 11.6 Å². The van der Waals surface area contributed by atoms with Gasteiger partial charge in [-0.15, -0.1) is 0 Å². The zero-order valence-electron chi connectivity index (χ0n) is 11.2. The molecule has 0 aromatic carbocycles. The van der Waals surface area contributed by atoms with E-state index in [0.29, 0.717) is 24.5 Å². The number of hydrogen-bond acceptors (Lipinski definition) is 5. The van der Waals surface area contributed by atoms with Crippen LogP contribution in [0.4, 0.5) is 0 Å². The van der Waals surface area contributed by atoms with Crippen molar-refractivity contribution in [2.75, 3.05) is 7.11 Å². The van der Waals surface area contributed by atoms with Gasteiger partial charge in [0.2, 0.25) is 0 Å². The maximum atomic E-state index is 12.2. The Morgan fingerprint density at radius 1 is 1.37 bits per heavy atom. The Morgan fingerprint density at radius 3 is 2.63 bits per heavy atom. The molecule has 0 amide bonds. The SMILES string of the molecule is COC(=O)c1cc(=O)oc2c1C(=O)CC(C(C)C)C2. The van der Waals surface area contributed by atoms with E-state index in [2.05, 4.69) is 4.74 Å². The minimum Gasteiger partial charge on any atom is -0.465 e. The number of hydrogen-bond donors (Lipinski definition) is 0. The van der Waals surface area contributed by atoms with Crippen LogP contribution in [0, 0.1) is 11.8 Å². The van der Waals surface area contributed by atoms with E-state index in [-0.39, 0.29) is 22.8 Å². The highest BCUT2D eigenvalue weighted by atomic mass is 16.5. The molecular formula is C14H16O5. The molecule has 0 N–H and O–H groups in total. The monoisotopic (exact) mass is 264 g/mol. The highest BCUT2D eigenvalue weighted by Gasteiger charge is 2.33. The summed E-state index contributed by atoms with van der Waals surface area (Å²) in [5.41, 5.74) is -0.402. The molecule has 0 saturated carbocycles. The van der Waals surface area contributed by atoms with Crippen LogP contribution in [0.15, 0.2) is 15.3 Å². The van der Waals surface area contributed by atoms with E-state index in [4.69, 9.17) is 4.42 Å². The molecule has 1 aromatic heterocycles. The molecule has 1 heterocycles. The van der Waals surface area contributed by atoms with Crippen LogP contribution in [0.25, 0.3) is 0 Å². The molecule has 2 rings (SSSR count). The number of fused-ring (bicyclic) bond motifs is 1. The average Bonchev–Trinajstić information content (AvgIpc) is 2.35. The molecule has 0 spiro atoms. The van der Waals surface area contributed by atoms with E-state index < -0.39 is 11.6 Å². The van der Waals surface area contributed by atoms with Gasteiger partial charge in [0.05, 0.1) is 18.2 Å². The lowest BCUT2D eigenvalue weighted by Crippen LogP contribution is -2.28. The third kappa shape index (κ3) is 2.45. The number of rotatable bonds is 2. The highest BCUT2D eigenvalue weighted by molar-refractivity contribution is 6.07. The van der Waals surface area contributed by atoms with Gasteiger partial charge in [0.1, 0.15) is 5.76 Å². The summed E-state index contributed by atoms with van der Waals surface area (Å²) in [5, 5.41) is 0. The third-order valence-electron chi connectivity index (χ3n) is 3.56. The Balaban J connectivity index is 2.57. The minimum absolute atomic E-state index is 0.0148. The number of ketones is 1. The van der Waals surface area contributed by atoms with Crippen molar-refractivity contribution in [3.63, 3.8) is 0 Å². The molecule has 0 aliphatic heterocycles. The van der Waals surface area contributed by atoms with Crippen LogP contribution < -0.4 is 5.63 Å². The molecule has 1 aliphatic carbocycles. The van der Waals surface area contributed by atoms with Gasteiger partial charge in [-0.1, -0.05) is 13.8 Å². The largest absolute Gasteiger partial charge is 0.465 e. The lowest BCUT2D eigenvalue weighted by molar-refractivity contribution is 0.0592. The van der Waals surface area contributed by atoms with Crippen LogP contribution in [-0.2, 0) is 11.2 Å². The first-order valence-corrected chi connectivity index (χ1v) is 6.22. The first-order valence-electron chi connectivity index (χ1n) is 6.22. The van der Waals surface area contributed by atoms with Gasteiger partial charge in [0.15, 0.2) is 5.78 Å². The summed E-state index contributed by atoms with van der Waals surface area (Å²) >= 11 is 0. The van der Waals surface area contributed by atoms with Gasteiger partial charge in [-0.2, -0.15) is 0 Å². The van der Waals surface area contributed by atoms with E-state index in [1.54, 1.807) is 0 Å². The maximum Gasteiger partial charge on any atom is 0.338 e. The first-order chi connectivity index (χ1) is 8.93. The standard InChI is InChI=1S/C14H16O5/c1-7(2)8-4-10(15)13-9(14(17)18-3)6-12(16)19-11(13)5-8/h6-8H,4-5H2,1-3H3. The number of esters is 1. The van der Waals surface area contributed by atoms with Crippen molar-refractivity contribution >= 4 is 11.8 Å². The van der Waals surface area contributed by atoms with Crippen LogP contribution in [0.5, 0.6) is 0 Å². The summed E-state index contributed by atoms with van der Waals surface area (Å²) in [6.07, 6.45) is 0.862. The molecule has 1 unspecified atom stereocenters. The van der Waals surface area contributed by atoms with Crippen molar-refractivity contribution in [2.45, 2.75) is 26.7 Å². The second kappa shape index (κ2) is 4.99. The average molecular weight is 264 g/mol. The van der Waals surface area contributed by atoms with Crippen LogP contribution in [-0.4, -0.2) is 18.9 Å². The summed E-state index contributed by atoms with van der Waals surface area (Å²) in [6.45, 7) is 4.04. The number of methoxy groups -OCH3 is 1. The number of ether oxygens (including phenoxy) is 1.